The Labute approximate surface area is 120 Å². The number of carbonyl (C=O) groups excluding carboxylic acids is 1. The van der Waals surface area contributed by atoms with E-state index in [2.05, 4.69) is 11.2 Å². The molecular weight excluding hydrogens is 389 g/mol. The quantitative estimate of drug-likeness (QED) is 0.556. The molecule has 2 nitrogen and oxygen atoms in total. The molecule has 0 aliphatic carbocycles. The molecule has 0 aromatic heterocycles. The van der Waals surface area contributed by atoms with Crippen molar-refractivity contribution < 1.29 is 48.9 Å². The van der Waals surface area contributed by atoms with Crippen molar-refractivity contribution in [3.8, 4) is 12.3 Å². The normalized spacial score (nSPS) is 8.36. The van der Waals surface area contributed by atoms with Gasteiger partial charge in [-0.1, -0.05) is 18.1 Å². The maximum absolute atomic E-state index is 11.0. The fourth-order valence-electron chi connectivity index (χ4n) is 1.07. The van der Waals surface area contributed by atoms with Crippen LogP contribution in [-0.2, 0) is 0 Å². The van der Waals surface area contributed by atoms with Gasteiger partial charge in [0.15, 0.2) is 5.78 Å². The van der Waals surface area contributed by atoms with Crippen LogP contribution in [0, 0.1) is 56.4 Å². The molecule has 0 bridgehead atoms. The first-order valence-corrected chi connectivity index (χ1v) is 3.90. The van der Waals surface area contributed by atoms with Crippen molar-refractivity contribution in [2.45, 2.75) is 6.92 Å². The Morgan fingerprint density at radius 3 is 2.57 bits per heavy atom. The third kappa shape index (κ3) is 3.12. The van der Waals surface area contributed by atoms with Gasteiger partial charge in [-0.2, -0.15) is 0 Å². The summed E-state index contributed by atoms with van der Waals surface area (Å²) in [4.78, 5) is 11.0. The van der Waals surface area contributed by atoms with E-state index in [0.29, 0.717) is 11.1 Å². The van der Waals surface area contributed by atoms with E-state index in [1.165, 1.54) is 6.92 Å². The summed E-state index contributed by atoms with van der Waals surface area (Å²) in [7, 11) is 1.67. The molecule has 1 rings (SSSR count). The third-order valence-corrected chi connectivity index (χ3v) is 1.80. The van der Waals surface area contributed by atoms with Crippen LogP contribution in [0.15, 0.2) is 18.2 Å². The molecule has 0 aliphatic rings. The fourth-order valence-corrected chi connectivity index (χ4v) is 1.07. The molecule has 0 spiro atoms. The molecule has 0 amide bonds. The summed E-state index contributed by atoms with van der Waals surface area (Å²) in [5, 5.41) is 3.99. The van der Waals surface area contributed by atoms with E-state index < -0.39 is 0 Å². The molecule has 1 aromatic carbocycles. The topological polar surface area (TPSA) is 31.2 Å². The summed E-state index contributed by atoms with van der Waals surface area (Å²) in [5.74, 6) is 2.51. The zero-order valence-corrected chi connectivity index (χ0v) is 13.0. The van der Waals surface area contributed by atoms with Gasteiger partial charge >= 0.3 is 0 Å². The average molecular weight is 399 g/mol. The molecule has 0 aliphatic heterocycles. The van der Waals surface area contributed by atoms with Gasteiger partial charge in [-0.25, -0.2) is 0 Å². The zero-order valence-electron chi connectivity index (χ0n) is 8.24. The van der Waals surface area contributed by atoms with E-state index in [1.54, 1.807) is 25.2 Å². The Morgan fingerprint density at radius 2 is 2.14 bits per heavy atom. The van der Waals surface area contributed by atoms with E-state index in [4.69, 9.17) is 6.42 Å². The number of hydrogen-bond donors (Lipinski definition) is 0. The van der Waals surface area contributed by atoms with Crippen LogP contribution in [-0.4, -0.2) is 12.8 Å². The number of rotatable bonds is 2. The average Bonchev–Trinajstić information content (AvgIpc) is 2.16. The van der Waals surface area contributed by atoms with Gasteiger partial charge in [-0.15, -0.1) is 19.2 Å². The van der Waals surface area contributed by atoms with Crippen LogP contribution in [0.5, 0.6) is 0 Å². The Balaban J connectivity index is 0.00000169. The first-order chi connectivity index (χ1) is 6.19. The predicted molar refractivity (Wildman–Crippen MR) is 53.3 cm³/mol. The summed E-state index contributed by atoms with van der Waals surface area (Å²) in [6, 6.07) is 5.17. The van der Waals surface area contributed by atoms with Gasteiger partial charge in [0.05, 0.1) is 0 Å². The first kappa shape index (κ1) is 13.7. The Kier molecular flexibility index (Phi) is 6.09. The summed E-state index contributed by atoms with van der Waals surface area (Å²) in [6.07, 6.45) is 5.27. The predicted octanol–water partition coefficient (Wildman–Crippen LogP) is 2.51. The van der Waals surface area contributed by atoms with E-state index in [1.807, 2.05) is 0 Å². The smallest absolute Gasteiger partial charge is 0.159 e. The maximum atomic E-state index is 11.0. The van der Waals surface area contributed by atoms with Gasteiger partial charge in [0.25, 0.3) is 0 Å². The molecular formula is C11H10AcNO-. The first-order valence-electron chi connectivity index (χ1n) is 3.90. The van der Waals surface area contributed by atoms with Gasteiger partial charge in [0.2, 0.25) is 0 Å². The monoisotopic (exact) mass is 399 g/mol. The van der Waals surface area contributed by atoms with Crippen molar-refractivity contribution in [2.75, 3.05) is 7.05 Å². The Bertz CT molecular complexity index is 379. The molecule has 0 saturated heterocycles. The molecule has 14 heavy (non-hydrogen) atoms. The van der Waals surface area contributed by atoms with Gasteiger partial charge < -0.3 is 5.32 Å². The van der Waals surface area contributed by atoms with Crippen LogP contribution in [0.1, 0.15) is 22.8 Å². The van der Waals surface area contributed by atoms with Crippen LogP contribution in [0.3, 0.4) is 0 Å². The summed E-state index contributed by atoms with van der Waals surface area (Å²) < 4.78 is 0. The number of carbonyl (C=O) groups is 1. The number of nitrogens with zero attached hydrogens (tertiary/aromatic N) is 1. The van der Waals surface area contributed by atoms with Crippen LogP contribution in [0.25, 0.3) is 5.32 Å². The minimum absolute atomic E-state index is 0. The second-order valence-corrected chi connectivity index (χ2v) is 2.66. The van der Waals surface area contributed by atoms with E-state index in [0.717, 1.165) is 5.69 Å². The van der Waals surface area contributed by atoms with Crippen molar-refractivity contribution in [1.29, 1.82) is 0 Å². The number of ketones is 1. The van der Waals surface area contributed by atoms with E-state index in [9.17, 15) is 4.79 Å². The Hall–Kier alpha value is -0.308. The van der Waals surface area contributed by atoms with Gasteiger partial charge in [-0.05, 0) is 13.0 Å². The number of Topliss-reactive ketones (excluding diaryl/α,β-unsaturated/α-hetero) is 1. The summed E-state index contributed by atoms with van der Waals surface area (Å²) in [6.45, 7) is 1.51. The zero-order chi connectivity index (χ0) is 9.84. The molecule has 0 heterocycles. The van der Waals surface area contributed by atoms with Crippen LogP contribution >= 0.6 is 0 Å². The second-order valence-electron chi connectivity index (χ2n) is 2.66. The van der Waals surface area contributed by atoms with Gasteiger partial charge in [-0.3, -0.25) is 4.79 Å². The molecule has 0 atom stereocenters. The molecule has 1 aromatic rings. The number of hydrogen-bond acceptors (Lipinski definition) is 1. The second kappa shape index (κ2) is 6.23. The molecule has 0 unspecified atom stereocenters. The van der Waals surface area contributed by atoms with Crippen molar-refractivity contribution in [3.63, 3.8) is 0 Å². The summed E-state index contributed by atoms with van der Waals surface area (Å²) >= 11 is 0. The third-order valence-electron chi connectivity index (χ3n) is 1.80. The standard InChI is InChI=1S/C11H11NO.Ac/c1-4-9-7-10(8(2)13)5-6-11(9)12-3;/h1,5-7H,2-3H3,(H,12,13);/p-1. The molecule has 69 valence electrons. The molecule has 0 N–H and O–H groups in total. The minimum Gasteiger partial charge on any atom is -0.686 e. The van der Waals surface area contributed by atoms with Crippen molar-refractivity contribution in [3.05, 3.63) is 34.6 Å². The molecule has 0 fully saturated rings. The fraction of sp³-hybridized carbons (Fsp3) is 0.182. The van der Waals surface area contributed by atoms with Gasteiger partial charge in [0, 0.05) is 55.2 Å². The Morgan fingerprint density at radius 1 is 1.50 bits per heavy atom. The SMILES string of the molecule is C#Cc1cc(C(C)=O)ccc1[N-]C.[Ac]. The van der Waals surface area contributed by atoms with E-state index in [-0.39, 0.29) is 49.8 Å². The van der Waals surface area contributed by atoms with Gasteiger partial charge in [0.1, 0.15) is 0 Å². The minimum atomic E-state index is 0. The van der Waals surface area contributed by atoms with Crippen molar-refractivity contribution in [2.24, 2.45) is 0 Å². The maximum Gasteiger partial charge on any atom is 0.159 e. The van der Waals surface area contributed by atoms with Crippen LogP contribution < -0.4 is 0 Å². The molecule has 0 saturated carbocycles. The van der Waals surface area contributed by atoms with Crippen molar-refractivity contribution in [1.82, 2.24) is 0 Å². The van der Waals surface area contributed by atoms with Crippen LogP contribution in [0.2, 0.25) is 0 Å². The molecule has 3 heteroatoms. The van der Waals surface area contributed by atoms with E-state index >= 15 is 0 Å². The largest absolute Gasteiger partial charge is 0.686 e. The number of benzene rings is 1. The van der Waals surface area contributed by atoms with Crippen molar-refractivity contribution >= 4 is 11.5 Å². The molecule has 1 radical (unpaired) electrons. The number of terminal acetylenes is 1. The van der Waals surface area contributed by atoms with Crippen LogP contribution in [0.4, 0.5) is 5.69 Å². The summed E-state index contributed by atoms with van der Waals surface area (Å²) in [5.41, 5.74) is 2.03.